The van der Waals surface area contributed by atoms with Crippen LogP contribution >= 0.6 is 12.4 Å². The van der Waals surface area contributed by atoms with Crippen LogP contribution in [0, 0.1) is 0 Å². The summed E-state index contributed by atoms with van der Waals surface area (Å²) in [5.41, 5.74) is 7.07. The van der Waals surface area contributed by atoms with Gasteiger partial charge < -0.3 is 16.4 Å². The quantitative estimate of drug-likeness (QED) is 0.768. The molecule has 1 aliphatic rings. The lowest BCUT2D eigenvalue weighted by molar-refractivity contribution is -0.127. The molecule has 5 nitrogen and oxygen atoms in total. The van der Waals surface area contributed by atoms with Crippen molar-refractivity contribution in [2.45, 2.75) is 51.1 Å². The molecule has 0 unspecified atom stereocenters. The molecule has 0 spiro atoms. The Kier molecular flexibility index (Phi) is 7.52. The number of halogens is 1. The SMILES string of the molecule is CCNC(=O)c1ccc(CNC(=O)C2(N)CCCCC2)cc1.Cl. The van der Waals surface area contributed by atoms with E-state index in [2.05, 4.69) is 10.6 Å². The first kappa shape index (κ1) is 19.5. The zero-order valence-electron chi connectivity index (χ0n) is 13.6. The summed E-state index contributed by atoms with van der Waals surface area (Å²) in [5.74, 6) is -0.152. The fourth-order valence-electron chi connectivity index (χ4n) is 2.80. The zero-order chi connectivity index (χ0) is 16.0. The first-order chi connectivity index (χ1) is 10.5. The summed E-state index contributed by atoms with van der Waals surface area (Å²) in [7, 11) is 0. The Balaban J connectivity index is 0.00000264. The van der Waals surface area contributed by atoms with Crippen molar-refractivity contribution in [1.82, 2.24) is 10.6 Å². The number of benzene rings is 1. The number of nitrogens with one attached hydrogen (secondary N) is 2. The molecule has 2 amide bonds. The van der Waals surface area contributed by atoms with Crippen LogP contribution in [0.2, 0.25) is 0 Å². The van der Waals surface area contributed by atoms with Gasteiger partial charge in [-0.25, -0.2) is 0 Å². The Morgan fingerprint density at radius 2 is 1.70 bits per heavy atom. The van der Waals surface area contributed by atoms with Gasteiger partial charge in [0.1, 0.15) is 0 Å². The summed E-state index contributed by atoms with van der Waals surface area (Å²) in [6.07, 6.45) is 4.72. The summed E-state index contributed by atoms with van der Waals surface area (Å²) in [5, 5.41) is 5.67. The summed E-state index contributed by atoms with van der Waals surface area (Å²) < 4.78 is 0. The van der Waals surface area contributed by atoms with Crippen LogP contribution in [0.4, 0.5) is 0 Å². The standard InChI is InChI=1S/C17H25N3O2.ClH/c1-2-19-15(21)14-8-6-13(7-9-14)12-20-16(22)17(18)10-4-3-5-11-17;/h6-9H,2-5,10-12,18H2,1H3,(H,19,21)(H,20,22);1H. The third-order valence-electron chi connectivity index (χ3n) is 4.20. The van der Waals surface area contributed by atoms with Crippen molar-refractivity contribution in [3.05, 3.63) is 35.4 Å². The average molecular weight is 340 g/mol. The average Bonchev–Trinajstić information content (AvgIpc) is 2.54. The molecule has 4 N–H and O–H groups in total. The fourth-order valence-corrected chi connectivity index (χ4v) is 2.80. The normalized spacial score (nSPS) is 16.1. The molecule has 128 valence electrons. The zero-order valence-corrected chi connectivity index (χ0v) is 14.4. The van der Waals surface area contributed by atoms with Crippen molar-refractivity contribution in [3.63, 3.8) is 0 Å². The molecule has 0 aromatic heterocycles. The van der Waals surface area contributed by atoms with Gasteiger partial charge in [-0.3, -0.25) is 9.59 Å². The first-order valence-electron chi connectivity index (χ1n) is 7.99. The lowest BCUT2D eigenvalue weighted by Gasteiger charge is -2.31. The second kappa shape index (κ2) is 8.89. The van der Waals surface area contributed by atoms with Crippen LogP contribution in [0.25, 0.3) is 0 Å². The minimum atomic E-state index is -0.709. The van der Waals surface area contributed by atoms with Crippen molar-refractivity contribution in [2.75, 3.05) is 6.54 Å². The van der Waals surface area contributed by atoms with Crippen LogP contribution in [-0.4, -0.2) is 23.9 Å². The van der Waals surface area contributed by atoms with E-state index in [1.54, 1.807) is 12.1 Å². The minimum Gasteiger partial charge on any atom is -0.352 e. The monoisotopic (exact) mass is 339 g/mol. The Bertz CT molecular complexity index is 525. The first-order valence-corrected chi connectivity index (χ1v) is 7.99. The molecule has 6 heteroatoms. The van der Waals surface area contributed by atoms with Gasteiger partial charge in [-0.15, -0.1) is 12.4 Å². The molecule has 23 heavy (non-hydrogen) atoms. The van der Waals surface area contributed by atoms with Gasteiger partial charge in [-0.2, -0.15) is 0 Å². The molecule has 0 aliphatic heterocycles. The maximum absolute atomic E-state index is 12.3. The van der Waals surface area contributed by atoms with E-state index in [0.717, 1.165) is 37.7 Å². The van der Waals surface area contributed by atoms with Crippen molar-refractivity contribution in [2.24, 2.45) is 5.73 Å². The molecular weight excluding hydrogens is 314 g/mol. The summed E-state index contributed by atoms with van der Waals surface area (Å²) >= 11 is 0. The van der Waals surface area contributed by atoms with Crippen LogP contribution in [0.5, 0.6) is 0 Å². The summed E-state index contributed by atoms with van der Waals surface area (Å²) in [4.78, 5) is 23.9. The lowest BCUT2D eigenvalue weighted by Crippen LogP contribution is -2.54. The summed E-state index contributed by atoms with van der Waals surface area (Å²) in [6.45, 7) is 2.93. The van der Waals surface area contributed by atoms with Gasteiger partial charge in [0.25, 0.3) is 5.91 Å². The van der Waals surface area contributed by atoms with Crippen LogP contribution in [0.3, 0.4) is 0 Å². The van der Waals surface area contributed by atoms with Crippen LogP contribution in [0.1, 0.15) is 54.9 Å². The molecule has 0 bridgehead atoms. The molecular formula is C17H26ClN3O2. The molecule has 0 radical (unpaired) electrons. The van der Waals surface area contributed by atoms with Crippen molar-refractivity contribution in [1.29, 1.82) is 0 Å². The minimum absolute atomic E-state index is 0. The topological polar surface area (TPSA) is 84.2 Å². The number of hydrogen-bond acceptors (Lipinski definition) is 3. The highest BCUT2D eigenvalue weighted by atomic mass is 35.5. The molecule has 1 saturated carbocycles. The van der Waals surface area contributed by atoms with Crippen LogP contribution in [0.15, 0.2) is 24.3 Å². The van der Waals surface area contributed by atoms with E-state index in [4.69, 9.17) is 5.73 Å². The van der Waals surface area contributed by atoms with E-state index in [9.17, 15) is 9.59 Å². The largest absolute Gasteiger partial charge is 0.352 e. The molecule has 0 heterocycles. The van der Waals surface area contributed by atoms with E-state index >= 15 is 0 Å². The number of rotatable bonds is 5. The van der Waals surface area contributed by atoms with Crippen molar-refractivity contribution >= 4 is 24.2 Å². The molecule has 1 aliphatic carbocycles. The Morgan fingerprint density at radius 1 is 1.09 bits per heavy atom. The van der Waals surface area contributed by atoms with E-state index in [1.807, 2.05) is 19.1 Å². The van der Waals surface area contributed by atoms with Gasteiger partial charge in [-0.1, -0.05) is 31.4 Å². The smallest absolute Gasteiger partial charge is 0.251 e. The van der Waals surface area contributed by atoms with Crippen LogP contribution < -0.4 is 16.4 Å². The highest BCUT2D eigenvalue weighted by Crippen LogP contribution is 2.26. The molecule has 1 fully saturated rings. The van der Waals surface area contributed by atoms with E-state index in [-0.39, 0.29) is 24.2 Å². The number of nitrogens with two attached hydrogens (primary N) is 1. The highest BCUT2D eigenvalue weighted by Gasteiger charge is 2.34. The van der Waals surface area contributed by atoms with E-state index < -0.39 is 5.54 Å². The second-order valence-electron chi connectivity index (χ2n) is 5.96. The summed E-state index contributed by atoms with van der Waals surface area (Å²) in [6, 6.07) is 7.25. The number of carbonyl (C=O) groups is 2. The van der Waals surface area contributed by atoms with Crippen molar-refractivity contribution < 1.29 is 9.59 Å². The number of amides is 2. The Labute approximate surface area is 143 Å². The van der Waals surface area contributed by atoms with Gasteiger partial charge in [0.05, 0.1) is 5.54 Å². The molecule has 1 aromatic rings. The van der Waals surface area contributed by atoms with E-state index in [1.165, 1.54) is 0 Å². The van der Waals surface area contributed by atoms with Gasteiger partial charge in [0.15, 0.2) is 0 Å². The second-order valence-corrected chi connectivity index (χ2v) is 5.96. The van der Waals surface area contributed by atoms with Gasteiger partial charge in [-0.05, 0) is 37.5 Å². The molecule has 0 atom stereocenters. The van der Waals surface area contributed by atoms with Gasteiger partial charge >= 0.3 is 0 Å². The molecule has 1 aromatic carbocycles. The Morgan fingerprint density at radius 3 is 2.26 bits per heavy atom. The predicted octanol–water partition coefficient (Wildman–Crippen LogP) is 2.14. The maximum Gasteiger partial charge on any atom is 0.251 e. The number of carbonyl (C=O) groups excluding carboxylic acids is 2. The fraction of sp³-hybridized carbons (Fsp3) is 0.529. The molecule has 0 saturated heterocycles. The maximum atomic E-state index is 12.3. The van der Waals surface area contributed by atoms with Crippen molar-refractivity contribution in [3.8, 4) is 0 Å². The highest BCUT2D eigenvalue weighted by molar-refractivity contribution is 5.94. The van der Waals surface area contributed by atoms with Gasteiger partial charge in [0, 0.05) is 18.7 Å². The van der Waals surface area contributed by atoms with Crippen LogP contribution in [-0.2, 0) is 11.3 Å². The van der Waals surface area contributed by atoms with Gasteiger partial charge in [0.2, 0.25) is 5.91 Å². The Hall–Kier alpha value is -1.59. The predicted molar refractivity (Wildman–Crippen MR) is 93.5 cm³/mol. The third-order valence-corrected chi connectivity index (χ3v) is 4.20. The number of hydrogen-bond donors (Lipinski definition) is 3. The lowest BCUT2D eigenvalue weighted by atomic mass is 9.82. The third kappa shape index (κ3) is 5.22. The molecule has 2 rings (SSSR count). The van der Waals surface area contributed by atoms with E-state index in [0.29, 0.717) is 18.7 Å².